The van der Waals surface area contributed by atoms with Crippen molar-refractivity contribution in [1.29, 1.82) is 0 Å². The molecule has 0 saturated carbocycles. The van der Waals surface area contributed by atoms with Crippen LogP contribution in [0.25, 0.3) is 10.9 Å². The maximum Gasteiger partial charge on any atom is 0.278 e. The minimum Gasteiger partial charge on any atom is -0.337 e. The molecule has 1 amide bonds. The highest BCUT2D eigenvalue weighted by Gasteiger charge is 2.25. The number of carbonyl (C=O) groups excluding carboxylic acids is 1. The number of carbonyl (C=O) groups is 1. The van der Waals surface area contributed by atoms with Crippen molar-refractivity contribution in [1.82, 2.24) is 14.7 Å². The van der Waals surface area contributed by atoms with Gasteiger partial charge in [0.05, 0.1) is 10.9 Å². The molecule has 0 unspecified atom stereocenters. The Balaban J connectivity index is 2.05. The molecular weight excluding hydrogens is 302 g/mol. The standard InChI is InChI=1S/C16H18ClN3O2/c1-10-5-7-20(8-6-10)16(22)14-15(21)12-9-11(17)3-4-13(12)19(2)18-14/h3-4,9-10H,5-8H2,1-2H3. The molecule has 1 aliphatic heterocycles. The highest BCUT2D eigenvalue weighted by Crippen LogP contribution is 2.19. The zero-order chi connectivity index (χ0) is 15.9. The Hall–Kier alpha value is -1.88. The fraction of sp³-hybridized carbons (Fsp3) is 0.438. The van der Waals surface area contributed by atoms with E-state index in [-0.39, 0.29) is 17.0 Å². The zero-order valence-corrected chi connectivity index (χ0v) is 13.4. The van der Waals surface area contributed by atoms with Crippen molar-refractivity contribution < 1.29 is 4.79 Å². The second-order valence-electron chi connectivity index (χ2n) is 5.94. The minimum absolute atomic E-state index is 0.0215. The van der Waals surface area contributed by atoms with E-state index in [9.17, 15) is 9.59 Å². The lowest BCUT2D eigenvalue weighted by molar-refractivity contribution is 0.0688. The van der Waals surface area contributed by atoms with Gasteiger partial charge in [0.15, 0.2) is 5.69 Å². The third kappa shape index (κ3) is 2.61. The molecule has 3 rings (SSSR count). The van der Waals surface area contributed by atoms with Crippen molar-refractivity contribution in [3.05, 3.63) is 39.1 Å². The van der Waals surface area contributed by atoms with Crippen LogP contribution in [0, 0.1) is 5.92 Å². The Morgan fingerprint density at radius 1 is 1.32 bits per heavy atom. The molecule has 1 aromatic carbocycles. The fourth-order valence-electron chi connectivity index (χ4n) is 2.85. The molecule has 0 atom stereocenters. The molecular formula is C16H18ClN3O2. The van der Waals surface area contributed by atoms with Crippen LogP contribution in [0.5, 0.6) is 0 Å². The summed E-state index contributed by atoms with van der Waals surface area (Å²) in [4.78, 5) is 26.9. The summed E-state index contributed by atoms with van der Waals surface area (Å²) in [5.74, 6) is 0.338. The molecule has 1 fully saturated rings. The van der Waals surface area contributed by atoms with E-state index in [0.717, 1.165) is 12.8 Å². The van der Waals surface area contributed by atoms with Gasteiger partial charge < -0.3 is 4.90 Å². The maximum atomic E-state index is 12.6. The SMILES string of the molecule is CC1CCN(C(=O)c2nn(C)c3ccc(Cl)cc3c2=O)CC1. The molecule has 1 saturated heterocycles. The van der Waals surface area contributed by atoms with Gasteiger partial charge in [0.2, 0.25) is 5.43 Å². The summed E-state index contributed by atoms with van der Waals surface area (Å²) >= 11 is 5.98. The molecule has 1 aromatic heterocycles. The van der Waals surface area contributed by atoms with Crippen LogP contribution >= 0.6 is 11.6 Å². The predicted octanol–water partition coefficient (Wildman–Crippen LogP) is 2.46. The van der Waals surface area contributed by atoms with Gasteiger partial charge in [-0.15, -0.1) is 0 Å². The normalized spacial score (nSPS) is 16.2. The highest BCUT2D eigenvalue weighted by molar-refractivity contribution is 6.31. The summed E-state index contributed by atoms with van der Waals surface area (Å²) in [7, 11) is 1.73. The number of amides is 1. The van der Waals surface area contributed by atoms with Crippen LogP contribution < -0.4 is 5.43 Å². The molecule has 2 heterocycles. The first-order chi connectivity index (χ1) is 10.5. The summed E-state index contributed by atoms with van der Waals surface area (Å²) in [5, 5.41) is 5.10. The van der Waals surface area contributed by atoms with Crippen LogP contribution in [0.3, 0.4) is 0 Å². The highest BCUT2D eigenvalue weighted by atomic mass is 35.5. The van der Waals surface area contributed by atoms with Crippen molar-refractivity contribution in [3.63, 3.8) is 0 Å². The maximum absolute atomic E-state index is 12.6. The largest absolute Gasteiger partial charge is 0.337 e. The topological polar surface area (TPSA) is 55.2 Å². The number of rotatable bonds is 1. The molecule has 5 nitrogen and oxygen atoms in total. The Kier molecular flexibility index (Phi) is 3.91. The predicted molar refractivity (Wildman–Crippen MR) is 86.3 cm³/mol. The number of nitrogens with zero attached hydrogens (tertiary/aromatic N) is 3. The van der Waals surface area contributed by atoms with Gasteiger partial charge >= 0.3 is 0 Å². The van der Waals surface area contributed by atoms with E-state index in [1.165, 1.54) is 0 Å². The third-order valence-corrected chi connectivity index (χ3v) is 4.53. The van der Waals surface area contributed by atoms with Crippen LogP contribution in [-0.4, -0.2) is 33.7 Å². The third-order valence-electron chi connectivity index (χ3n) is 4.29. The average molecular weight is 320 g/mol. The van der Waals surface area contributed by atoms with Gasteiger partial charge in [0, 0.05) is 25.2 Å². The van der Waals surface area contributed by atoms with Crippen LogP contribution in [0.2, 0.25) is 5.02 Å². The number of halogens is 1. The van der Waals surface area contributed by atoms with Crippen molar-refractivity contribution in [2.24, 2.45) is 13.0 Å². The zero-order valence-electron chi connectivity index (χ0n) is 12.7. The van der Waals surface area contributed by atoms with E-state index in [1.54, 1.807) is 34.8 Å². The van der Waals surface area contributed by atoms with Gasteiger partial charge in [-0.2, -0.15) is 5.10 Å². The second kappa shape index (κ2) is 5.72. The molecule has 0 aliphatic carbocycles. The number of aromatic nitrogens is 2. The lowest BCUT2D eigenvalue weighted by Gasteiger charge is -2.29. The van der Waals surface area contributed by atoms with E-state index < -0.39 is 0 Å². The fourth-order valence-corrected chi connectivity index (χ4v) is 3.02. The van der Waals surface area contributed by atoms with E-state index in [4.69, 9.17) is 11.6 Å². The van der Waals surface area contributed by atoms with Crippen LogP contribution in [0.4, 0.5) is 0 Å². The van der Waals surface area contributed by atoms with Crippen LogP contribution in [0.1, 0.15) is 30.3 Å². The first kappa shape index (κ1) is 15.0. The van der Waals surface area contributed by atoms with Gasteiger partial charge in [0.1, 0.15) is 0 Å². The smallest absolute Gasteiger partial charge is 0.278 e. The van der Waals surface area contributed by atoms with E-state index in [2.05, 4.69) is 12.0 Å². The molecule has 116 valence electrons. The quantitative estimate of drug-likeness (QED) is 0.811. The van der Waals surface area contributed by atoms with Crippen molar-refractivity contribution in [3.8, 4) is 0 Å². The van der Waals surface area contributed by atoms with Gasteiger partial charge in [-0.25, -0.2) is 0 Å². The van der Waals surface area contributed by atoms with Crippen LogP contribution in [-0.2, 0) is 7.05 Å². The lowest BCUT2D eigenvalue weighted by atomic mass is 9.99. The summed E-state index contributed by atoms with van der Waals surface area (Å²) < 4.78 is 1.56. The van der Waals surface area contributed by atoms with E-state index in [0.29, 0.717) is 34.9 Å². The summed E-state index contributed by atoms with van der Waals surface area (Å²) in [6, 6.07) is 5.04. The van der Waals surface area contributed by atoms with E-state index in [1.807, 2.05) is 0 Å². The molecule has 6 heteroatoms. The van der Waals surface area contributed by atoms with Gasteiger partial charge in [-0.3, -0.25) is 14.3 Å². The first-order valence-corrected chi connectivity index (χ1v) is 7.81. The molecule has 0 bridgehead atoms. The number of likely N-dealkylation sites (tertiary alicyclic amines) is 1. The molecule has 22 heavy (non-hydrogen) atoms. The number of fused-ring (bicyclic) bond motifs is 1. The van der Waals surface area contributed by atoms with E-state index >= 15 is 0 Å². The first-order valence-electron chi connectivity index (χ1n) is 7.43. The number of piperidine rings is 1. The average Bonchev–Trinajstić information content (AvgIpc) is 2.51. The summed E-state index contributed by atoms with van der Waals surface area (Å²) in [5.41, 5.74) is 0.296. The van der Waals surface area contributed by atoms with Gasteiger partial charge in [0.25, 0.3) is 5.91 Å². The Morgan fingerprint density at radius 3 is 2.68 bits per heavy atom. The number of aryl methyl sites for hydroxylation is 1. The molecule has 0 spiro atoms. The monoisotopic (exact) mass is 319 g/mol. The number of hydrogen-bond donors (Lipinski definition) is 0. The second-order valence-corrected chi connectivity index (χ2v) is 6.37. The number of benzene rings is 1. The molecule has 0 N–H and O–H groups in total. The van der Waals surface area contributed by atoms with Crippen molar-refractivity contribution in [2.75, 3.05) is 13.1 Å². The lowest BCUT2D eigenvalue weighted by Crippen LogP contribution is -2.41. The van der Waals surface area contributed by atoms with Crippen molar-refractivity contribution >= 4 is 28.4 Å². The molecule has 2 aromatic rings. The van der Waals surface area contributed by atoms with Crippen molar-refractivity contribution in [2.45, 2.75) is 19.8 Å². The Bertz CT molecular complexity index is 792. The summed E-state index contributed by atoms with van der Waals surface area (Å²) in [6.45, 7) is 3.54. The molecule has 0 radical (unpaired) electrons. The number of hydrogen-bond acceptors (Lipinski definition) is 3. The van der Waals surface area contributed by atoms with Gasteiger partial charge in [-0.1, -0.05) is 18.5 Å². The Labute approximate surface area is 133 Å². The summed E-state index contributed by atoms with van der Waals surface area (Å²) in [6.07, 6.45) is 1.93. The van der Waals surface area contributed by atoms with Gasteiger partial charge in [-0.05, 0) is 37.0 Å². The van der Waals surface area contributed by atoms with Crippen LogP contribution in [0.15, 0.2) is 23.0 Å². The Morgan fingerprint density at radius 2 is 2.00 bits per heavy atom. The minimum atomic E-state index is -0.348. The molecule has 1 aliphatic rings.